The largest absolute Gasteiger partial charge is 1.00 e. The van der Waals surface area contributed by atoms with Crippen LogP contribution in [0.1, 0.15) is 104 Å². The van der Waals surface area contributed by atoms with E-state index < -0.39 is 12.1 Å². The Hall–Kier alpha value is -0.507. The van der Waals surface area contributed by atoms with E-state index >= 15 is 0 Å². The van der Waals surface area contributed by atoms with Crippen molar-refractivity contribution >= 4 is 5.97 Å². The summed E-state index contributed by atoms with van der Waals surface area (Å²) >= 11 is 0. The van der Waals surface area contributed by atoms with Gasteiger partial charge in [-0.3, -0.25) is 0 Å². The zero-order valence-corrected chi connectivity index (χ0v) is 23.1. The number of aryl methyl sites for hydroxylation is 1. The molecule has 0 bridgehead atoms. The molecular formula is C24H43ClNO3Zn. The van der Waals surface area contributed by atoms with Gasteiger partial charge in [0.15, 0.2) is 12.4 Å². The Morgan fingerprint density at radius 2 is 1.13 bits per heavy atom. The van der Waals surface area contributed by atoms with Gasteiger partial charge in [0.25, 0.3) is 0 Å². The molecule has 0 aromatic carbocycles. The van der Waals surface area contributed by atoms with Crippen LogP contribution in [0, 0.1) is 0 Å². The van der Waals surface area contributed by atoms with E-state index in [1.807, 2.05) is 0 Å². The molecule has 0 aliphatic rings. The summed E-state index contributed by atoms with van der Waals surface area (Å²) in [6.45, 7) is 4.61. The maximum Gasteiger partial charge on any atom is 1.00 e. The zero-order chi connectivity index (χ0) is 20.9. The van der Waals surface area contributed by atoms with Gasteiger partial charge in [0.05, 0.1) is 12.1 Å². The van der Waals surface area contributed by atoms with Gasteiger partial charge in [0.2, 0.25) is 0 Å². The van der Waals surface area contributed by atoms with E-state index in [-0.39, 0.29) is 31.9 Å². The fraction of sp³-hybridized carbons (Fsp3) is 0.750. The monoisotopic (exact) mass is 492 g/mol. The van der Waals surface area contributed by atoms with Crippen LogP contribution >= 0.6 is 0 Å². The number of aromatic nitrogens is 1. The molecule has 30 heavy (non-hydrogen) atoms. The molecule has 0 aliphatic carbocycles. The molecule has 171 valence electrons. The van der Waals surface area contributed by atoms with Crippen LogP contribution in [0.3, 0.4) is 0 Å². The van der Waals surface area contributed by atoms with E-state index in [4.69, 9.17) is 5.11 Å². The van der Waals surface area contributed by atoms with Crippen molar-refractivity contribution in [3.63, 3.8) is 0 Å². The van der Waals surface area contributed by atoms with Crippen molar-refractivity contribution in [2.24, 2.45) is 0 Å². The van der Waals surface area contributed by atoms with E-state index in [1.165, 1.54) is 96.4 Å². The molecule has 1 rings (SSSR count). The number of rotatable bonds is 16. The van der Waals surface area contributed by atoms with E-state index in [0.717, 1.165) is 6.92 Å². The molecule has 1 radical (unpaired) electrons. The first-order valence-electron chi connectivity index (χ1n) is 11.4. The zero-order valence-electron chi connectivity index (χ0n) is 19.4. The van der Waals surface area contributed by atoms with Crippen LogP contribution in [0.2, 0.25) is 0 Å². The standard InChI is InChI=1S/C21H38N.C3H6O3.ClH.Zn/c1-2-3-4-5-6-7-8-9-10-11-12-13-14-16-19-22-20-17-15-18-21-22;1-2(4)3(5)6;;/h15,17-18,20-21H,2-14,16,19H2,1H3;2,4H,1H3,(H,5,6);1H;/q+1;;;+1/p-2. The molecule has 0 spiro atoms. The van der Waals surface area contributed by atoms with Gasteiger partial charge in [-0.1, -0.05) is 90.0 Å². The molecule has 1 atom stereocenters. The van der Waals surface area contributed by atoms with Gasteiger partial charge in [0.1, 0.15) is 6.54 Å². The van der Waals surface area contributed by atoms with Crippen LogP contribution in [0.15, 0.2) is 30.6 Å². The van der Waals surface area contributed by atoms with E-state index in [2.05, 4.69) is 42.1 Å². The summed E-state index contributed by atoms with van der Waals surface area (Å²) in [5.41, 5.74) is 0. The van der Waals surface area contributed by atoms with Gasteiger partial charge in [-0.05, 0) is 13.3 Å². The fourth-order valence-electron chi connectivity index (χ4n) is 3.07. The van der Waals surface area contributed by atoms with Gasteiger partial charge in [0, 0.05) is 18.6 Å². The molecule has 0 amide bonds. The Kier molecular flexibility index (Phi) is 30.2. The van der Waals surface area contributed by atoms with Crippen LogP contribution in [-0.4, -0.2) is 17.2 Å². The number of carbonyl (C=O) groups is 1. The number of pyridine rings is 1. The van der Waals surface area contributed by atoms with Gasteiger partial charge >= 0.3 is 19.5 Å². The Bertz CT molecular complexity index is 461. The van der Waals surface area contributed by atoms with Crippen LogP contribution < -0.4 is 22.1 Å². The number of hydrogen-bond donors (Lipinski definition) is 1. The van der Waals surface area contributed by atoms with Crippen molar-refractivity contribution in [1.29, 1.82) is 0 Å². The topological polar surface area (TPSA) is 64.2 Å². The molecule has 0 aliphatic heterocycles. The maximum absolute atomic E-state index is 9.34. The molecule has 1 N–H and O–H groups in total. The van der Waals surface area contributed by atoms with Crippen LogP contribution in [0.4, 0.5) is 0 Å². The summed E-state index contributed by atoms with van der Waals surface area (Å²) in [6.07, 6.45) is 23.1. The quantitative estimate of drug-likeness (QED) is 0.216. The Balaban J connectivity index is -0.000000799. The molecular weight excluding hydrogens is 451 g/mol. The van der Waals surface area contributed by atoms with Gasteiger partial charge in [-0.25, -0.2) is 4.57 Å². The predicted octanol–water partition coefficient (Wildman–Crippen LogP) is 1.57. The second-order valence-corrected chi connectivity index (χ2v) is 7.70. The van der Waals surface area contributed by atoms with E-state index in [9.17, 15) is 9.90 Å². The SMILES string of the molecule is CC(O)C(=O)[O-].CCCCCCCCCCCCCCCC[n+]1ccccc1.[Cl-].[Zn+]. The van der Waals surface area contributed by atoms with Crippen molar-refractivity contribution in [3.05, 3.63) is 30.6 Å². The number of carboxylic acid groups (broad SMARTS) is 1. The third kappa shape index (κ3) is 25.5. The number of carboxylic acids is 1. The summed E-state index contributed by atoms with van der Waals surface area (Å²) < 4.78 is 2.29. The first-order chi connectivity index (χ1) is 13.6. The smallest absolute Gasteiger partial charge is 1.00 e. The van der Waals surface area contributed by atoms with Crippen molar-refractivity contribution in [3.8, 4) is 0 Å². The van der Waals surface area contributed by atoms with Crippen molar-refractivity contribution in [2.75, 3.05) is 0 Å². The molecule has 1 heterocycles. The molecule has 1 aromatic heterocycles. The van der Waals surface area contributed by atoms with Gasteiger partial charge in [-0.2, -0.15) is 0 Å². The number of aliphatic hydroxyl groups is 1. The second-order valence-electron chi connectivity index (χ2n) is 7.70. The molecule has 1 unspecified atom stereocenters. The maximum atomic E-state index is 9.34. The van der Waals surface area contributed by atoms with Crippen LogP contribution in [0.5, 0.6) is 0 Å². The first-order valence-corrected chi connectivity index (χ1v) is 11.4. The number of carbonyl (C=O) groups excluding carboxylic acids is 1. The van der Waals surface area contributed by atoms with Crippen molar-refractivity contribution < 1.29 is 51.5 Å². The third-order valence-corrected chi connectivity index (χ3v) is 4.89. The molecule has 4 nitrogen and oxygen atoms in total. The predicted molar refractivity (Wildman–Crippen MR) is 114 cm³/mol. The third-order valence-electron chi connectivity index (χ3n) is 4.89. The number of nitrogens with zero attached hydrogens (tertiary/aromatic N) is 1. The summed E-state index contributed by atoms with van der Waals surface area (Å²) in [5.74, 6) is -1.44. The minimum absolute atomic E-state index is 0. The molecule has 6 heteroatoms. The second kappa shape index (κ2) is 26.5. The summed E-state index contributed by atoms with van der Waals surface area (Å²) in [5, 5.41) is 17.3. The van der Waals surface area contributed by atoms with Crippen molar-refractivity contribution in [2.45, 2.75) is 116 Å². The number of unbranched alkanes of at least 4 members (excludes halogenated alkanes) is 13. The Morgan fingerprint density at radius 3 is 1.47 bits per heavy atom. The Morgan fingerprint density at radius 1 is 0.800 bits per heavy atom. The summed E-state index contributed by atoms with van der Waals surface area (Å²) in [6, 6.07) is 6.31. The van der Waals surface area contributed by atoms with E-state index in [0.29, 0.717) is 0 Å². The van der Waals surface area contributed by atoms with Gasteiger partial charge in [-0.15, -0.1) is 0 Å². The van der Waals surface area contributed by atoms with Crippen LogP contribution in [-0.2, 0) is 30.8 Å². The van der Waals surface area contributed by atoms with Gasteiger partial charge < -0.3 is 27.4 Å². The Labute approximate surface area is 204 Å². The number of halogens is 1. The van der Waals surface area contributed by atoms with Crippen molar-refractivity contribution in [1.82, 2.24) is 0 Å². The average molecular weight is 494 g/mol. The minimum Gasteiger partial charge on any atom is -1.00 e. The normalized spacial score (nSPS) is 10.8. The average Bonchev–Trinajstić information content (AvgIpc) is 2.69. The summed E-state index contributed by atoms with van der Waals surface area (Å²) in [4.78, 5) is 9.34. The van der Waals surface area contributed by atoms with Crippen LogP contribution in [0.25, 0.3) is 0 Å². The number of aliphatic carboxylic acids is 1. The summed E-state index contributed by atoms with van der Waals surface area (Å²) in [7, 11) is 0. The number of aliphatic hydroxyl groups excluding tert-OH is 1. The van der Waals surface area contributed by atoms with E-state index in [1.54, 1.807) is 0 Å². The number of hydrogen-bond acceptors (Lipinski definition) is 3. The molecule has 1 aromatic rings. The molecule has 0 fully saturated rings. The molecule has 0 saturated heterocycles. The minimum atomic E-state index is -1.44. The molecule has 0 saturated carbocycles. The first kappa shape index (κ1) is 34.1. The fourth-order valence-corrected chi connectivity index (χ4v) is 3.07.